The van der Waals surface area contributed by atoms with Crippen LogP contribution in [0, 0.1) is 5.82 Å². The minimum absolute atomic E-state index is 0.00105. The molecule has 0 amide bonds. The zero-order chi connectivity index (χ0) is 18.8. The van der Waals surface area contributed by atoms with Crippen molar-refractivity contribution < 1.29 is 9.18 Å². The molecule has 0 aliphatic rings. The van der Waals surface area contributed by atoms with Gasteiger partial charge in [-0.25, -0.2) is 9.37 Å². The predicted octanol–water partition coefficient (Wildman–Crippen LogP) is 5.76. The highest BCUT2D eigenvalue weighted by Gasteiger charge is 2.13. The first-order valence-corrected chi connectivity index (χ1v) is 8.37. The van der Waals surface area contributed by atoms with Gasteiger partial charge in [-0.1, -0.05) is 6.07 Å². The molecule has 0 spiro atoms. The standard InChI is InChI=1S/C21H15FN4O/c1-14(27)15-7-11-18(12-8-15)24-25-21-20(16-5-9-17(22)10-6-16)23-19-4-2-3-13-26(19)21/h2-13H,1H3. The number of carbonyl (C=O) groups excluding carboxylic acids is 1. The zero-order valence-electron chi connectivity index (χ0n) is 14.5. The van der Waals surface area contributed by atoms with E-state index in [4.69, 9.17) is 0 Å². The summed E-state index contributed by atoms with van der Waals surface area (Å²) < 4.78 is 15.1. The second-order valence-electron chi connectivity index (χ2n) is 6.02. The van der Waals surface area contributed by atoms with Gasteiger partial charge in [0.2, 0.25) is 0 Å². The van der Waals surface area contributed by atoms with E-state index in [1.165, 1.54) is 19.1 Å². The Hall–Kier alpha value is -3.67. The average molecular weight is 358 g/mol. The summed E-state index contributed by atoms with van der Waals surface area (Å²) in [7, 11) is 0. The van der Waals surface area contributed by atoms with Crippen LogP contribution in [-0.2, 0) is 0 Å². The number of rotatable bonds is 4. The largest absolute Gasteiger partial charge is 0.295 e. The zero-order valence-corrected chi connectivity index (χ0v) is 14.5. The lowest BCUT2D eigenvalue weighted by Crippen LogP contribution is -1.89. The van der Waals surface area contributed by atoms with E-state index in [1.54, 1.807) is 36.4 Å². The van der Waals surface area contributed by atoms with E-state index in [2.05, 4.69) is 15.2 Å². The molecule has 0 atom stereocenters. The number of benzene rings is 2. The number of imidazole rings is 1. The van der Waals surface area contributed by atoms with Crippen molar-refractivity contribution in [3.05, 3.63) is 84.3 Å². The van der Waals surface area contributed by atoms with E-state index in [9.17, 15) is 9.18 Å². The summed E-state index contributed by atoms with van der Waals surface area (Å²) in [6.07, 6.45) is 1.85. The third kappa shape index (κ3) is 3.37. The van der Waals surface area contributed by atoms with Crippen molar-refractivity contribution in [1.82, 2.24) is 9.38 Å². The Bertz CT molecular complexity index is 1150. The maximum Gasteiger partial charge on any atom is 0.187 e. The van der Waals surface area contributed by atoms with Gasteiger partial charge in [0.1, 0.15) is 17.2 Å². The van der Waals surface area contributed by atoms with Crippen LogP contribution in [0.4, 0.5) is 15.9 Å². The first kappa shape index (κ1) is 16.8. The van der Waals surface area contributed by atoms with E-state index in [1.807, 2.05) is 28.8 Å². The molecule has 0 unspecified atom stereocenters. The minimum atomic E-state index is -0.309. The highest BCUT2D eigenvalue weighted by molar-refractivity contribution is 5.94. The summed E-state index contributed by atoms with van der Waals surface area (Å²) in [4.78, 5) is 16.0. The van der Waals surface area contributed by atoms with Gasteiger partial charge in [0.05, 0.1) is 5.69 Å². The lowest BCUT2D eigenvalue weighted by molar-refractivity contribution is 0.101. The number of fused-ring (bicyclic) bond motifs is 1. The molecule has 27 heavy (non-hydrogen) atoms. The molecule has 5 nitrogen and oxygen atoms in total. The number of pyridine rings is 1. The van der Waals surface area contributed by atoms with Crippen molar-refractivity contribution in [3.63, 3.8) is 0 Å². The quantitative estimate of drug-likeness (QED) is 0.344. The van der Waals surface area contributed by atoms with Crippen molar-refractivity contribution in [1.29, 1.82) is 0 Å². The van der Waals surface area contributed by atoms with E-state index in [-0.39, 0.29) is 11.6 Å². The molecule has 2 heterocycles. The number of Topliss-reactive ketones (excluding diaryl/α,β-unsaturated/α-hetero) is 1. The Kier molecular flexibility index (Phi) is 4.30. The molecule has 0 N–H and O–H groups in total. The number of hydrogen-bond donors (Lipinski definition) is 0. The fourth-order valence-corrected chi connectivity index (χ4v) is 2.75. The number of halogens is 1. The molecule has 0 saturated heterocycles. The molecule has 0 aliphatic heterocycles. The molecule has 4 rings (SSSR count). The number of azo groups is 1. The molecular weight excluding hydrogens is 343 g/mol. The molecule has 2 aromatic carbocycles. The fraction of sp³-hybridized carbons (Fsp3) is 0.0476. The molecular formula is C21H15FN4O. The van der Waals surface area contributed by atoms with Crippen LogP contribution >= 0.6 is 0 Å². The van der Waals surface area contributed by atoms with Crippen molar-refractivity contribution in [2.45, 2.75) is 6.92 Å². The normalized spacial score (nSPS) is 11.3. The Labute approximate surface area is 154 Å². The third-order valence-electron chi connectivity index (χ3n) is 4.16. The fourth-order valence-electron chi connectivity index (χ4n) is 2.75. The second kappa shape index (κ2) is 6.92. The summed E-state index contributed by atoms with van der Waals surface area (Å²) in [6, 6.07) is 18.6. The van der Waals surface area contributed by atoms with E-state index in [0.717, 1.165) is 11.2 Å². The summed E-state index contributed by atoms with van der Waals surface area (Å²) >= 11 is 0. The van der Waals surface area contributed by atoms with Gasteiger partial charge in [-0.3, -0.25) is 9.20 Å². The first-order valence-electron chi connectivity index (χ1n) is 8.37. The Morgan fingerprint density at radius 1 is 0.963 bits per heavy atom. The van der Waals surface area contributed by atoms with Crippen LogP contribution in [0.25, 0.3) is 16.9 Å². The van der Waals surface area contributed by atoms with Gasteiger partial charge in [-0.05, 0) is 67.6 Å². The van der Waals surface area contributed by atoms with Gasteiger partial charge in [-0.2, -0.15) is 0 Å². The monoisotopic (exact) mass is 358 g/mol. The molecule has 0 aliphatic carbocycles. The minimum Gasteiger partial charge on any atom is -0.295 e. The van der Waals surface area contributed by atoms with Crippen LogP contribution in [0.5, 0.6) is 0 Å². The predicted molar refractivity (Wildman–Crippen MR) is 101 cm³/mol. The molecule has 0 saturated carbocycles. The number of aromatic nitrogens is 2. The highest BCUT2D eigenvalue weighted by atomic mass is 19.1. The molecule has 0 bridgehead atoms. The summed E-state index contributed by atoms with van der Waals surface area (Å²) in [5.74, 6) is 0.239. The van der Waals surface area contributed by atoms with Gasteiger partial charge >= 0.3 is 0 Å². The average Bonchev–Trinajstić information content (AvgIpc) is 3.06. The van der Waals surface area contributed by atoms with Crippen molar-refractivity contribution in [2.75, 3.05) is 0 Å². The molecule has 2 aromatic heterocycles. The van der Waals surface area contributed by atoms with Crippen LogP contribution in [0.3, 0.4) is 0 Å². The topological polar surface area (TPSA) is 59.1 Å². The molecule has 6 heteroatoms. The molecule has 0 radical (unpaired) electrons. The summed E-state index contributed by atoms with van der Waals surface area (Å²) in [6.45, 7) is 1.52. The number of hydrogen-bond acceptors (Lipinski definition) is 4. The van der Waals surface area contributed by atoms with Gasteiger partial charge < -0.3 is 0 Å². The summed E-state index contributed by atoms with van der Waals surface area (Å²) in [5.41, 5.74) is 3.33. The van der Waals surface area contributed by atoms with Crippen molar-refractivity contribution in [2.24, 2.45) is 10.2 Å². The second-order valence-corrected chi connectivity index (χ2v) is 6.02. The highest BCUT2D eigenvalue weighted by Crippen LogP contribution is 2.32. The van der Waals surface area contributed by atoms with Crippen LogP contribution < -0.4 is 0 Å². The van der Waals surface area contributed by atoms with Gasteiger partial charge in [0.25, 0.3) is 0 Å². The van der Waals surface area contributed by atoms with Crippen LogP contribution in [-0.4, -0.2) is 15.2 Å². The van der Waals surface area contributed by atoms with Crippen LogP contribution in [0.1, 0.15) is 17.3 Å². The first-order chi connectivity index (χ1) is 13.1. The lowest BCUT2D eigenvalue weighted by atomic mass is 10.1. The Balaban J connectivity index is 1.78. The third-order valence-corrected chi connectivity index (χ3v) is 4.16. The Morgan fingerprint density at radius 3 is 2.41 bits per heavy atom. The van der Waals surface area contributed by atoms with E-state index < -0.39 is 0 Å². The smallest absolute Gasteiger partial charge is 0.187 e. The molecule has 0 fully saturated rings. The van der Waals surface area contributed by atoms with E-state index in [0.29, 0.717) is 22.8 Å². The van der Waals surface area contributed by atoms with Crippen LogP contribution in [0.15, 0.2) is 83.2 Å². The molecule has 4 aromatic rings. The lowest BCUT2D eigenvalue weighted by Gasteiger charge is -2.00. The maximum absolute atomic E-state index is 13.3. The van der Waals surface area contributed by atoms with Crippen LogP contribution in [0.2, 0.25) is 0 Å². The summed E-state index contributed by atoms with van der Waals surface area (Å²) in [5, 5.41) is 8.67. The number of nitrogens with zero attached hydrogens (tertiary/aromatic N) is 4. The molecule has 132 valence electrons. The SMILES string of the molecule is CC(=O)c1ccc(N=Nc2c(-c3ccc(F)cc3)nc3ccccn23)cc1. The van der Waals surface area contributed by atoms with Gasteiger partial charge in [0.15, 0.2) is 11.6 Å². The van der Waals surface area contributed by atoms with Crippen molar-refractivity contribution >= 4 is 22.9 Å². The number of carbonyl (C=O) groups is 1. The van der Waals surface area contributed by atoms with E-state index >= 15 is 0 Å². The van der Waals surface area contributed by atoms with Gasteiger partial charge in [0, 0.05) is 17.3 Å². The Morgan fingerprint density at radius 2 is 1.70 bits per heavy atom. The maximum atomic E-state index is 13.3. The van der Waals surface area contributed by atoms with Gasteiger partial charge in [-0.15, -0.1) is 10.2 Å². The number of ketones is 1. The van der Waals surface area contributed by atoms with Crippen molar-refractivity contribution in [3.8, 4) is 11.3 Å².